The molecule has 18 heavy (non-hydrogen) atoms. The normalized spacial score (nSPS) is 26.5. The zero-order valence-corrected chi connectivity index (χ0v) is 12.7. The van der Waals surface area contributed by atoms with Gasteiger partial charge in [-0.1, -0.05) is 13.8 Å². The van der Waals surface area contributed by atoms with Gasteiger partial charge in [-0.3, -0.25) is 0 Å². The standard InChI is InChI=1S/C15H32N2O/c1-5-17(6-2)10-7-8-13(3)16-15-9-11-18-14(4)12-15/h13-16H,5-12H2,1-4H3. The Morgan fingerprint density at radius 3 is 2.67 bits per heavy atom. The molecule has 1 fully saturated rings. The maximum absolute atomic E-state index is 5.58. The van der Waals surface area contributed by atoms with Gasteiger partial charge < -0.3 is 15.0 Å². The highest BCUT2D eigenvalue weighted by atomic mass is 16.5. The molecule has 0 aromatic rings. The van der Waals surface area contributed by atoms with Gasteiger partial charge in [0, 0.05) is 18.7 Å². The first kappa shape index (κ1) is 15.9. The number of ether oxygens (including phenoxy) is 1. The number of nitrogens with one attached hydrogen (secondary N) is 1. The van der Waals surface area contributed by atoms with Crippen LogP contribution in [0.15, 0.2) is 0 Å². The summed E-state index contributed by atoms with van der Waals surface area (Å²) in [6, 6.07) is 1.30. The third kappa shape index (κ3) is 6.17. The Bertz CT molecular complexity index is 207. The van der Waals surface area contributed by atoms with Gasteiger partial charge in [0.25, 0.3) is 0 Å². The minimum Gasteiger partial charge on any atom is -0.378 e. The highest BCUT2D eigenvalue weighted by Gasteiger charge is 2.20. The van der Waals surface area contributed by atoms with Crippen LogP contribution in [0.5, 0.6) is 0 Å². The lowest BCUT2D eigenvalue weighted by Crippen LogP contribution is -2.42. The van der Waals surface area contributed by atoms with Gasteiger partial charge in [-0.05, 0) is 59.2 Å². The molecular formula is C15H32N2O. The molecule has 0 aromatic heterocycles. The van der Waals surface area contributed by atoms with Gasteiger partial charge in [0.1, 0.15) is 0 Å². The first-order valence-electron chi connectivity index (χ1n) is 7.75. The zero-order valence-electron chi connectivity index (χ0n) is 12.7. The van der Waals surface area contributed by atoms with E-state index >= 15 is 0 Å². The number of hydrogen-bond acceptors (Lipinski definition) is 3. The topological polar surface area (TPSA) is 24.5 Å². The maximum atomic E-state index is 5.58. The van der Waals surface area contributed by atoms with Crippen molar-refractivity contribution in [1.82, 2.24) is 10.2 Å². The average Bonchev–Trinajstić information content (AvgIpc) is 2.34. The van der Waals surface area contributed by atoms with Crippen LogP contribution in [0, 0.1) is 0 Å². The van der Waals surface area contributed by atoms with E-state index in [4.69, 9.17) is 4.74 Å². The molecular weight excluding hydrogens is 224 g/mol. The molecule has 1 aliphatic heterocycles. The van der Waals surface area contributed by atoms with Crippen LogP contribution in [0.1, 0.15) is 53.4 Å². The van der Waals surface area contributed by atoms with Crippen LogP contribution < -0.4 is 5.32 Å². The molecule has 0 aliphatic carbocycles. The van der Waals surface area contributed by atoms with E-state index in [0.29, 0.717) is 18.2 Å². The van der Waals surface area contributed by atoms with Crippen molar-refractivity contribution in [3.63, 3.8) is 0 Å². The molecule has 3 heteroatoms. The fourth-order valence-corrected chi connectivity index (χ4v) is 2.80. The second-order valence-electron chi connectivity index (χ2n) is 5.64. The summed E-state index contributed by atoms with van der Waals surface area (Å²) in [5.74, 6) is 0. The average molecular weight is 256 g/mol. The Kier molecular flexibility index (Phi) is 7.87. The van der Waals surface area contributed by atoms with Gasteiger partial charge in [0.2, 0.25) is 0 Å². The van der Waals surface area contributed by atoms with Crippen LogP contribution in [0.25, 0.3) is 0 Å². The smallest absolute Gasteiger partial charge is 0.0561 e. The van der Waals surface area contributed by atoms with E-state index < -0.39 is 0 Å². The lowest BCUT2D eigenvalue weighted by atomic mass is 10.0. The summed E-state index contributed by atoms with van der Waals surface area (Å²) in [6.45, 7) is 13.5. The molecule has 1 heterocycles. The Labute approximate surface area is 113 Å². The van der Waals surface area contributed by atoms with E-state index in [1.807, 2.05) is 0 Å². The van der Waals surface area contributed by atoms with E-state index in [0.717, 1.165) is 6.61 Å². The molecule has 0 spiro atoms. The van der Waals surface area contributed by atoms with E-state index in [1.165, 1.54) is 45.3 Å². The van der Waals surface area contributed by atoms with E-state index in [-0.39, 0.29) is 0 Å². The van der Waals surface area contributed by atoms with E-state index in [9.17, 15) is 0 Å². The SMILES string of the molecule is CCN(CC)CCCC(C)NC1CCOC(C)C1. The Morgan fingerprint density at radius 1 is 1.33 bits per heavy atom. The van der Waals surface area contributed by atoms with Crippen LogP contribution in [0.2, 0.25) is 0 Å². The van der Waals surface area contributed by atoms with Gasteiger partial charge in [-0.25, -0.2) is 0 Å². The molecule has 3 unspecified atom stereocenters. The van der Waals surface area contributed by atoms with Crippen molar-refractivity contribution >= 4 is 0 Å². The van der Waals surface area contributed by atoms with Crippen LogP contribution in [0.4, 0.5) is 0 Å². The summed E-state index contributed by atoms with van der Waals surface area (Å²) in [5.41, 5.74) is 0. The van der Waals surface area contributed by atoms with Crippen molar-refractivity contribution in [2.24, 2.45) is 0 Å². The van der Waals surface area contributed by atoms with Crippen molar-refractivity contribution in [2.45, 2.75) is 71.6 Å². The fourth-order valence-electron chi connectivity index (χ4n) is 2.80. The molecule has 108 valence electrons. The predicted octanol–water partition coefficient (Wildman–Crippen LogP) is 2.65. The number of rotatable bonds is 8. The van der Waals surface area contributed by atoms with Crippen molar-refractivity contribution < 1.29 is 4.74 Å². The first-order valence-corrected chi connectivity index (χ1v) is 7.75. The van der Waals surface area contributed by atoms with Crippen LogP contribution >= 0.6 is 0 Å². The lowest BCUT2D eigenvalue weighted by Gasteiger charge is -2.30. The van der Waals surface area contributed by atoms with Gasteiger partial charge in [0.15, 0.2) is 0 Å². The molecule has 0 saturated carbocycles. The second-order valence-corrected chi connectivity index (χ2v) is 5.64. The Hall–Kier alpha value is -0.120. The predicted molar refractivity (Wildman–Crippen MR) is 78.1 cm³/mol. The minimum absolute atomic E-state index is 0.430. The molecule has 0 amide bonds. The van der Waals surface area contributed by atoms with Crippen LogP contribution in [-0.2, 0) is 4.74 Å². The van der Waals surface area contributed by atoms with Crippen molar-refractivity contribution in [2.75, 3.05) is 26.2 Å². The molecule has 1 rings (SSSR count). The third-order valence-corrected chi connectivity index (χ3v) is 4.01. The number of nitrogens with zero attached hydrogens (tertiary/aromatic N) is 1. The lowest BCUT2D eigenvalue weighted by molar-refractivity contribution is 0.0114. The summed E-state index contributed by atoms with van der Waals surface area (Å²) in [6.07, 6.45) is 5.35. The van der Waals surface area contributed by atoms with E-state index in [1.54, 1.807) is 0 Å². The van der Waals surface area contributed by atoms with Crippen molar-refractivity contribution in [3.8, 4) is 0 Å². The summed E-state index contributed by atoms with van der Waals surface area (Å²) in [5, 5.41) is 3.76. The monoisotopic (exact) mass is 256 g/mol. The largest absolute Gasteiger partial charge is 0.378 e. The molecule has 0 bridgehead atoms. The molecule has 3 nitrogen and oxygen atoms in total. The Balaban J connectivity index is 2.11. The van der Waals surface area contributed by atoms with Gasteiger partial charge >= 0.3 is 0 Å². The van der Waals surface area contributed by atoms with Crippen molar-refractivity contribution in [1.29, 1.82) is 0 Å². The zero-order chi connectivity index (χ0) is 13.4. The van der Waals surface area contributed by atoms with Gasteiger partial charge in [-0.15, -0.1) is 0 Å². The van der Waals surface area contributed by atoms with E-state index in [2.05, 4.69) is 37.9 Å². The summed E-state index contributed by atoms with van der Waals surface area (Å²) >= 11 is 0. The van der Waals surface area contributed by atoms with Gasteiger partial charge in [-0.2, -0.15) is 0 Å². The highest BCUT2D eigenvalue weighted by Crippen LogP contribution is 2.14. The fraction of sp³-hybridized carbons (Fsp3) is 1.00. The molecule has 3 atom stereocenters. The quantitative estimate of drug-likeness (QED) is 0.722. The number of hydrogen-bond donors (Lipinski definition) is 1. The molecule has 0 radical (unpaired) electrons. The molecule has 0 aromatic carbocycles. The summed E-state index contributed by atoms with van der Waals surface area (Å²) < 4.78 is 5.58. The summed E-state index contributed by atoms with van der Waals surface area (Å²) in [7, 11) is 0. The third-order valence-electron chi connectivity index (χ3n) is 4.01. The summed E-state index contributed by atoms with van der Waals surface area (Å²) in [4.78, 5) is 2.50. The van der Waals surface area contributed by atoms with Crippen LogP contribution in [0.3, 0.4) is 0 Å². The molecule has 1 aliphatic rings. The first-order chi connectivity index (χ1) is 8.65. The highest BCUT2D eigenvalue weighted by molar-refractivity contribution is 4.77. The van der Waals surface area contributed by atoms with Gasteiger partial charge in [0.05, 0.1) is 6.10 Å². The second kappa shape index (κ2) is 8.89. The van der Waals surface area contributed by atoms with Crippen molar-refractivity contribution in [3.05, 3.63) is 0 Å². The minimum atomic E-state index is 0.430. The molecule has 1 saturated heterocycles. The van der Waals surface area contributed by atoms with Crippen LogP contribution in [-0.4, -0.2) is 49.3 Å². The molecule has 1 N–H and O–H groups in total. The Morgan fingerprint density at radius 2 is 2.06 bits per heavy atom. The maximum Gasteiger partial charge on any atom is 0.0561 e.